The lowest BCUT2D eigenvalue weighted by molar-refractivity contribution is -0.118. The highest BCUT2D eigenvalue weighted by molar-refractivity contribution is 6.01. The molecule has 1 atom stereocenters. The maximum absolute atomic E-state index is 13.5. The molecule has 3 aromatic rings. The number of allylic oxidation sites excluding steroid dienone is 3. The zero-order valence-electron chi connectivity index (χ0n) is 17.4. The molecule has 0 bridgehead atoms. The molecule has 0 spiro atoms. The van der Waals surface area contributed by atoms with Crippen LogP contribution in [0, 0.1) is 11.2 Å². The highest BCUT2D eigenvalue weighted by Crippen LogP contribution is 2.46. The summed E-state index contributed by atoms with van der Waals surface area (Å²) in [7, 11) is 0. The number of pyridine rings is 1. The number of hydrogen-bond acceptors (Lipinski definition) is 4. The van der Waals surface area contributed by atoms with Crippen molar-refractivity contribution in [1.29, 1.82) is 0 Å². The van der Waals surface area contributed by atoms with Crippen LogP contribution in [0.1, 0.15) is 43.9 Å². The molecule has 0 fully saturated rings. The van der Waals surface area contributed by atoms with E-state index < -0.39 is 0 Å². The summed E-state index contributed by atoms with van der Waals surface area (Å²) < 4.78 is 13.5. The Morgan fingerprint density at radius 3 is 2.77 bits per heavy atom. The number of carbonyl (C=O) groups excluding carboxylic acids is 1. The van der Waals surface area contributed by atoms with Gasteiger partial charge in [-0.1, -0.05) is 38.1 Å². The number of halogens is 1. The number of benzene rings is 1. The van der Waals surface area contributed by atoms with E-state index in [1.807, 2.05) is 30.4 Å². The Hall–Kier alpha value is -3.54. The first-order valence-electron chi connectivity index (χ1n) is 10.4. The first-order valence-corrected chi connectivity index (χ1v) is 10.4. The van der Waals surface area contributed by atoms with Gasteiger partial charge in [-0.2, -0.15) is 5.10 Å². The van der Waals surface area contributed by atoms with Crippen molar-refractivity contribution in [2.24, 2.45) is 5.41 Å². The van der Waals surface area contributed by atoms with Crippen molar-refractivity contribution in [2.75, 3.05) is 5.32 Å². The molecule has 1 unspecified atom stereocenters. The number of H-pyrrole nitrogens is 1. The molecule has 1 aliphatic heterocycles. The van der Waals surface area contributed by atoms with Crippen molar-refractivity contribution < 1.29 is 9.18 Å². The normalized spacial score (nSPS) is 19.8. The number of ketones is 1. The molecule has 0 amide bonds. The van der Waals surface area contributed by atoms with Gasteiger partial charge in [0.15, 0.2) is 5.78 Å². The highest BCUT2D eigenvalue weighted by Gasteiger charge is 2.39. The van der Waals surface area contributed by atoms with Crippen molar-refractivity contribution in [3.05, 3.63) is 83.2 Å². The van der Waals surface area contributed by atoms with E-state index in [-0.39, 0.29) is 22.9 Å². The zero-order chi connectivity index (χ0) is 21.6. The molecule has 2 aromatic heterocycles. The van der Waals surface area contributed by atoms with E-state index in [0.29, 0.717) is 6.42 Å². The van der Waals surface area contributed by atoms with Gasteiger partial charge in [0.1, 0.15) is 11.6 Å². The third kappa shape index (κ3) is 3.69. The van der Waals surface area contributed by atoms with Gasteiger partial charge in [-0.3, -0.25) is 14.9 Å². The van der Waals surface area contributed by atoms with Gasteiger partial charge < -0.3 is 5.32 Å². The fourth-order valence-electron chi connectivity index (χ4n) is 4.48. The molecule has 6 heteroatoms. The topological polar surface area (TPSA) is 70.7 Å². The average molecular weight is 414 g/mol. The monoisotopic (exact) mass is 414 g/mol. The molecule has 2 N–H and O–H groups in total. The number of fused-ring (bicyclic) bond motifs is 1. The number of aromatic nitrogens is 3. The Kier molecular flexibility index (Phi) is 4.58. The predicted octanol–water partition coefficient (Wildman–Crippen LogP) is 5.48. The molecule has 0 saturated carbocycles. The predicted molar refractivity (Wildman–Crippen MR) is 119 cm³/mol. The van der Waals surface area contributed by atoms with Gasteiger partial charge in [0.05, 0.1) is 11.9 Å². The van der Waals surface area contributed by atoms with E-state index in [4.69, 9.17) is 0 Å². The van der Waals surface area contributed by atoms with Gasteiger partial charge in [0.2, 0.25) is 0 Å². The smallest absolute Gasteiger partial charge is 0.162 e. The van der Waals surface area contributed by atoms with Crippen LogP contribution < -0.4 is 5.32 Å². The van der Waals surface area contributed by atoms with Crippen molar-refractivity contribution in [1.82, 2.24) is 15.2 Å². The maximum Gasteiger partial charge on any atom is 0.162 e. The molecule has 31 heavy (non-hydrogen) atoms. The minimum absolute atomic E-state index is 0.0665. The SMILES string of the molecule is CC1(C)CC(=O)C2=C(C1)Nc1[nH]ncc1C2/C=C/c1ccc(-c2cccc(F)c2)cn1. The number of aromatic amines is 1. The number of hydrogen-bond donors (Lipinski definition) is 2. The minimum Gasteiger partial charge on any atom is -0.343 e. The summed E-state index contributed by atoms with van der Waals surface area (Å²) in [5.41, 5.74) is 5.10. The van der Waals surface area contributed by atoms with Crippen LogP contribution in [0.15, 0.2) is 66.1 Å². The van der Waals surface area contributed by atoms with Gasteiger partial charge in [-0.05, 0) is 41.7 Å². The summed E-state index contributed by atoms with van der Waals surface area (Å²) >= 11 is 0. The number of Topliss-reactive ketones (excluding diaryl/α,β-unsaturated/α-hetero) is 1. The highest BCUT2D eigenvalue weighted by atomic mass is 19.1. The summed E-state index contributed by atoms with van der Waals surface area (Å²) in [6.07, 6.45) is 8.81. The van der Waals surface area contributed by atoms with Crippen LogP contribution in [0.4, 0.5) is 10.2 Å². The molecule has 3 heterocycles. The maximum atomic E-state index is 13.5. The molecule has 156 valence electrons. The first kappa shape index (κ1) is 19.4. The Morgan fingerprint density at radius 2 is 2.00 bits per heavy atom. The summed E-state index contributed by atoms with van der Waals surface area (Å²) in [6, 6.07) is 10.3. The molecule has 0 radical (unpaired) electrons. The fourth-order valence-corrected chi connectivity index (χ4v) is 4.48. The van der Waals surface area contributed by atoms with E-state index in [0.717, 1.165) is 45.9 Å². The lowest BCUT2D eigenvalue weighted by Crippen LogP contribution is -2.32. The van der Waals surface area contributed by atoms with E-state index in [2.05, 4.69) is 34.3 Å². The van der Waals surface area contributed by atoms with Crippen LogP contribution in [0.2, 0.25) is 0 Å². The molecule has 0 saturated heterocycles. The van der Waals surface area contributed by atoms with Crippen molar-refractivity contribution in [3.63, 3.8) is 0 Å². The summed E-state index contributed by atoms with van der Waals surface area (Å²) in [4.78, 5) is 17.5. The van der Waals surface area contributed by atoms with Crippen molar-refractivity contribution in [3.8, 4) is 11.1 Å². The molecule has 2 aliphatic rings. The van der Waals surface area contributed by atoms with Crippen molar-refractivity contribution in [2.45, 2.75) is 32.6 Å². The number of nitrogens with zero attached hydrogens (tertiary/aromatic N) is 2. The Labute approximate surface area is 180 Å². The second kappa shape index (κ2) is 7.30. The molecular weight excluding hydrogens is 391 g/mol. The number of rotatable bonds is 3. The lowest BCUT2D eigenvalue weighted by Gasteiger charge is -2.37. The quantitative estimate of drug-likeness (QED) is 0.596. The first-order chi connectivity index (χ1) is 14.9. The zero-order valence-corrected chi connectivity index (χ0v) is 17.4. The summed E-state index contributed by atoms with van der Waals surface area (Å²) in [5, 5.41) is 10.6. The fraction of sp³-hybridized carbons (Fsp3) is 0.240. The largest absolute Gasteiger partial charge is 0.343 e. The molecular formula is C25H23FN4O. The molecule has 5 nitrogen and oxygen atoms in total. The third-order valence-corrected chi connectivity index (χ3v) is 5.91. The number of carbonyl (C=O) groups is 1. The number of nitrogens with one attached hydrogen (secondary N) is 2. The number of anilines is 1. The Bertz CT molecular complexity index is 1220. The van der Waals surface area contributed by atoms with Gasteiger partial charge in [-0.25, -0.2) is 4.39 Å². The summed E-state index contributed by atoms with van der Waals surface area (Å²) in [5.74, 6) is 0.578. The van der Waals surface area contributed by atoms with Gasteiger partial charge in [-0.15, -0.1) is 0 Å². The molecule has 1 aliphatic carbocycles. The van der Waals surface area contributed by atoms with Crippen LogP contribution in [-0.4, -0.2) is 21.0 Å². The average Bonchev–Trinajstić information content (AvgIpc) is 3.19. The van der Waals surface area contributed by atoms with Crippen molar-refractivity contribution >= 4 is 17.7 Å². The van der Waals surface area contributed by atoms with Gasteiger partial charge in [0.25, 0.3) is 0 Å². The lowest BCUT2D eigenvalue weighted by atomic mass is 9.71. The van der Waals surface area contributed by atoms with E-state index in [1.165, 1.54) is 12.1 Å². The van der Waals surface area contributed by atoms with E-state index in [9.17, 15) is 9.18 Å². The molecule has 5 rings (SSSR count). The molecule has 1 aromatic carbocycles. The third-order valence-electron chi connectivity index (χ3n) is 5.91. The summed E-state index contributed by atoms with van der Waals surface area (Å²) in [6.45, 7) is 4.24. The van der Waals surface area contributed by atoms with Crippen LogP contribution in [0.5, 0.6) is 0 Å². The standard InChI is InChI=1S/C25H23FN4O/c1-25(2)11-21-23(22(31)12-25)19(20-14-28-30-24(20)29-21)9-8-18-7-6-16(13-27-18)15-4-3-5-17(26)10-15/h3-10,13-14,19H,11-12H2,1-2H3,(H2,28,29,30)/b9-8+. The van der Waals surface area contributed by atoms with Crippen LogP contribution in [0.25, 0.3) is 17.2 Å². The van der Waals surface area contributed by atoms with Gasteiger partial charge in [0, 0.05) is 40.9 Å². The van der Waals surface area contributed by atoms with E-state index in [1.54, 1.807) is 18.5 Å². The van der Waals surface area contributed by atoms with Gasteiger partial charge >= 0.3 is 0 Å². The van der Waals surface area contributed by atoms with Crippen LogP contribution in [-0.2, 0) is 4.79 Å². The second-order valence-electron chi connectivity index (χ2n) is 8.98. The Balaban J connectivity index is 1.46. The van der Waals surface area contributed by atoms with Crippen LogP contribution in [0.3, 0.4) is 0 Å². The second-order valence-corrected chi connectivity index (χ2v) is 8.98. The minimum atomic E-state index is -0.271. The van der Waals surface area contributed by atoms with Crippen LogP contribution >= 0.6 is 0 Å². The Morgan fingerprint density at radius 1 is 1.13 bits per heavy atom. The van der Waals surface area contributed by atoms with E-state index >= 15 is 0 Å².